The van der Waals surface area contributed by atoms with Crippen LogP contribution in [0.15, 0.2) is 42.5 Å². The summed E-state index contributed by atoms with van der Waals surface area (Å²) in [5, 5.41) is 2.56. The van der Waals surface area contributed by atoms with Crippen LogP contribution in [0.5, 0.6) is 11.5 Å². The van der Waals surface area contributed by atoms with Gasteiger partial charge in [-0.1, -0.05) is 12.1 Å². The molecule has 0 unspecified atom stereocenters. The summed E-state index contributed by atoms with van der Waals surface area (Å²) in [6.45, 7) is 1.74. The van der Waals surface area contributed by atoms with Gasteiger partial charge in [0.15, 0.2) is 11.5 Å². The number of ether oxygens (including phenoxy) is 2. The van der Waals surface area contributed by atoms with Crippen LogP contribution in [0.3, 0.4) is 0 Å². The number of hydrogen-bond acceptors (Lipinski definition) is 5. The molecule has 2 aromatic carbocycles. The van der Waals surface area contributed by atoms with E-state index in [1.807, 2.05) is 24.3 Å². The number of hydrogen-bond donors (Lipinski definition) is 1. The van der Waals surface area contributed by atoms with E-state index in [2.05, 4.69) is 5.32 Å². The first-order chi connectivity index (χ1) is 15.4. The second-order valence-corrected chi connectivity index (χ2v) is 8.40. The van der Waals surface area contributed by atoms with Crippen LogP contribution in [-0.4, -0.2) is 37.4 Å². The second-order valence-electron chi connectivity index (χ2n) is 8.40. The summed E-state index contributed by atoms with van der Waals surface area (Å²) in [5.41, 5.74) is 2.21. The number of rotatable bonds is 7. The van der Waals surface area contributed by atoms with Gasteiger partial charge in [0.1, 0.15) is 0 Å². The maximum atomic E-state index is 12.8. The van der Waals surface area contributed by atoms with E-state index >= 15 is 0 Å². The number of nitrogens with zero attached hydrogens (tertiary/aromatic N) is 1. The van der Waals surface area contributed by atoms with Crippen LogP contribution >= 0.6 is 0 Å². The zero-order valence-electron chi connectivity index (χ0n) is 18.4. The van der Waals surface area contributed by atoms with Gasteiger partial charge in [-0.2, -0.15) is 0 Å². The molecule has 0 radical (unpaired) electrons. The zero-order chi connectivity index (χ0) is 22.7. The number of Topliss-reactive ketones (excluding diaryl/α,β-unsaturated/α-hetero) is 1. The Hall–Kier alpha value is -3.35. The van der Waals surface area contributed by atoms with Crippen molar-refractivity contribution in [2.24, 2.45) is 0 Å². The van der Waals surface area contributed by atoms with Crippen molar-refractivity contribution in [1.82, 2.24) is 0 Å². The van der Waals surface area contributed by atoms with Crippen molar-refractivity contribution in [2.75, 3.05) is 23.9 Å². The first-order valence-corrected chi connectivity index (χ1v) is 11.0. The van der Waals surface area contributed by atoms with E-state index in [1.165, 1.54) is 19.8 Å². The SMILES string of the molecule is COc1ccc([C@H]2CC(=O)N(c3cccc(NC(=O)C(C)=O)c3)C2)cc1OC1CCCC1. The number of nitrogens with one attached hydrogen (secondary N) is 1. The maximum absolute atomic E-state index is 12.8. The Kier molecular flexibility index (Phi) is 6.44. The molecule has 1 saturated heterocycles. The van der Waals surface area contributed by atoms with E-state index in [0.29, 0.717) is 30.1 Å². The van der Waals surface area contributed by atoms with Gasteiger partial charge >= 0.3 is 0 Å². The predicted octanol–water partition coefficient (Wildman–Crippen LogP) is 4.06. The Morgan fingerprint density at radius 2 is 1.84 bits per heavy atom. The van der Waals surface area contributed by atoms with Crippen molar-refractivity contribution in [2.45, 2.75) is 51.0 Å². The van der Waals surface area contributed by atoms with E-state index in [9.17, 15) is 14.4 Å². The fourth-order valence-corrected chi connectivity index (χ4v) is 4.38. The van der Waals surface area contributed by atoms with Gasteiger partial charge in [-0.05, 0) is 61.6 Å². The predicted molar refractivity (Wildman–Crippen MR) is 121 cm³/mol. The van der Waals surface area contributed by atoms with Crippen LogP contribution in [0.2, 0.25) is 0 Å². The Labute approximate surface area is 187 Å². The molecule has 4 rings (SSSR count). The van der Waals surface area contributed by atoms with Gasteiger partial charge in [0.2, 0.25) is 11.7 Å². The standard InChI is InChI=1S/C25H28N2O5/c1-16(28)25(30)26-19-6-5-7-20(14-19)27-15-18(13-24(27)29)17-10-11-22(31-2)23(12-17)32-21-8-3-4-9-21/h5-7,10-12,14,18,21H,3-4,8-9,13,15H2,1-2H3,(H,26,30)/t18-/m0/s1. The van der Waals surface area contributed by atoms with Crippen molar-refractivity contribution < 1.29 is 23.9 Å². The lowest BCUT2D eigenvalue weighted by Gasteiger charge is -2.20. The fourth-order valence-electron chi connectivity index (χ4n) is 4.38. The first kappa shape index (κ1) is 21.9. The van der Waals surface area contributed by atoms with Crippen LogP contribution in [0, 0.1) is 0 Å². The van der Waals surface area contributed by atoms with Crippen LogP contribution in [0.4, 0.5) is 11.4 Å². The van der Waals surface area contributed by atoms with Crippen molar-refractivity contribution in [1.29, 1.82) is 0 Å². The number of carbonyl (C=O) groups excluding carboxylic acids is 3. The lowest BCUT2D eigenvalue weighted by molar-refractivity contribution is -0.133. The number of carbonyl (C=O) groups is 3. The second kappa shape index (κ2) is 9.42. The Balaban J connectivity index is 1.51. The Morgan fingerprint density at radius 1 is 1.06 bits per heavy atom. The average Bonchev–Trinajstić information content (AvgIpc) is 3.43. The molecule has 2 fully saturated rings. The van der Waals surface area contributed by atoms with Crippen molar-refractivity contribution in [3.63, 3.8) is 0 Å². The van der Waals surface area contributed by atoms with Gasteiger partial charge in [-0.3, -0.25) is 14.4 Å². The molecule has 168 valence electrons. The molecule has 2 aliphatic rings. The van der Waals surface area contributed by atoms with Crippen molar-refractivity contribution >= 4 is 29.0 Å². The van der Waals surface area contributed by atoms with Crippen molar-refractivity contribution in [3.8, 4) is 11.5 Å². The molecule has 1 atom stereocenters. The molecule has 1 heterocycles. The average molecular weight is 437 g/mol. The molecule has 1 N–H and O–H groups in total. The zero-order valence-corrected chi connectivity index (χ0v) is 18.4. The Bertz CT molecular complexity index is 1030. The molecular formula is C25H28N2O5. The monoisotopic (exact) mass is 436 g/mol. The van der Waals surface area contributed by atoms with Gasteiger partial charge in [0.25, 0.3) is 5.91 Å². The third-order valence-corrected chi connectivity index (χ3v) is 6.12. The van der Waals surface area contributed by atoms with Gasteiger partial charge in [0.05, 0.1) is 13.2 Å². The van der Waals surface area contributed by atoms with Crippen LogP contribution < -0.4 is 19.7 Å². The van der Waals surface area contributed by atoms with Gasteiger partial charge in [-0.15, -0.1) is 0 Å². The molecule has 1 saturated carbocycles. The minimum Gasteiger partial charge on any atom is -0.493 e. The third kappa shape index (κ3) is 4.77. The maximum Gasteiger partial charge on any atom is 0.291 e. The molecule has 0 spiro atoms. The highest BCUT2D eigenvalue weighted by molar-refractivity contribution is 6.39. The van der Waals surface area contributed by atoms with E-state index in [0.717, 1.165) is 24.2 Å². The molecule has 32 heavy (non-hydrogen) atoms. The molecule has 2 aromatic rings. The number of amides is 2. The number of benzene rings is 2. The van der Waals surface area contributed by atoms with Crippen LogP contribution in [-0.2, 0) is 14.4 Å². The van der Waals surface area contributed by atoms with E-state index in [4.69, 9.17) is 9.47 Å². The summed E-state index contributed by atoms with van der Waals surface area (Å²) < 4.78 is 11.7. The van der Waals surface area contributed by atoms with Gasteiger partial charge in [-0.25, -0.2) is 0 Å². The van der Waals surface area contributed by atoms with Crippen LogP contribution in [0.1, 0.15) is 50.5 Å². The molecule has 2 amide bonds. The first-order valence-electron chi connectivity index (χ1n) is 11.0. The fraction of sp³-hybridized carbons (Fsp3) is 0.400. The molecule has 1 aliphatic heterocycles. The largest absolute Gasteiger partial charge is 0.493 e. The summed E-state index contributed by atoms with van der Waals surface area (Å²) in [7, 11) is 1.63. The van der Waals surface area contributed by atoms with E-state index in [1.54, 1.807) is 30.2 Å². The number of anilines is 2. The molecule has 1 aliphatic carbocycles. The Morgan fingerprint density at radius 3 is 2.56 bits per heavy atom. The number of methoxy groups -OCH3 is 1. The summed E-state index contributed by atoms with van der Waals surface area (Å²) in [6, 6.07) is 12.9. The van der Waals surface area contributed by atoms with E-state index < -0.39 is 11.7 Å². The molecule has 0 aromatic heterocycles. The van der Waals surface area contributed by atoms with Gasteiger partial charge in [0, 0.05) is 37.2 Å². The molecule has 0 bridgehead atoms. The van der Waals surface area contributed by atoms with E-state index in [-0.39, 0.29) is 17.9 Å². The topological polar surface area (TPSA) is 84.9 Å². The quantitative estimate of drug-likeness (QED) is 0.662. The van der Waals surface area contributed by atoms with Crippen molar-refractivity contribution in [3.05, 3.63) is 48.0 Å². The highest BCUT2D eigenvalue weighted by Crippen LogP contribution is 2.38. The summed E-state index contributed by atoms with van der Waals surface area (Å²) in [4.78, 5) is 37.5. The molecular weight excluding hydrogens is 408 g/mol. The highest BCUT2D eigenvalue weighted by atomic mass is 16.5. The molecule has 7 nitrogen and oxygen atoms in total. The summed E-state index contributed by atoms with van der Waals surface area (Å²) in [5.74, 6) is 0.227. The lowest BCUT2D eigenvalue weighted by Crippen LogP contribution is -2.25. The summed E-state index contributed by atoms with van der Waals surface area (Å²) >= 11 is 0. The number of ketones is 1. The minimum atomic E-state index is -0.680. The lowest BCUT2D eigenvalue weighted by atomic mass is 9.98. The smallest absolute Gasteiger partial charge is 0.291 e. The normalized spacial score (nSPS) is 18.6. The summed E-state index contributed by atoms with van der Waals surface area (Å²) in [6.07, 6.45) is 5.09. The molecule has 7 heteroatoms. The minimum absolute atomic E-state index is 0.0131. The van der Waals surface area contributed by atoms with Gasteiger partial charge < -0.3 is 19.7 Å². The highest BCUT2D eigenvalue weighted by Gasteiger charge is 2.32. The third-order valence-electron chi connectivity index (χ3n) is 6.12. The van der Waals surface area contributed by atoms with Crippen LogP contribution in [0.25, 0.3) is 0 Å².